The lowest BCUT2D eigenvalue weighted by atomic mass is 10.3. The van der Waals surface area contributed by atoms with Gasteiger partial charge in [-0.3, -0.25) is 0 Å². The monoisotopic (exact) mass is 276 g/mol. The van der Waals surface area contributed by atoms with Crippen LogP contribution in [0.1, 0.15) is 24.7 Å². The molecule has 2 heterocycles. The average molecular weight is 276 g/mol. The minimum atomic E-state index is 0.391. The molecular weight excluding hydrogens is 256 g/mol. The molecule has 0 spiro atoms. The molecule has 0 aliphatic heterocycles. The predicted octanol–water partition coefficient (Wildman–Crippen LogP) is 2.65. The number of methoxy groups -OCH3 is 1. The van der Waals surface area contributed by atoms with Gasteiger partial charge in [0.25, 0.3) is 0 Å². The molecule has 6 nitrogen and oxygen atoms in total. The molecule has 0 aliphatic carbocycles. The highest BCUT2D eigenvalue weighted by Crippen LogP contribution is 2.13. The number of nitrogens with zero attached hydrogens (tertiary/aromatic N) is 2. The topological polar surface area (TPSA) is 72.2 Å². The van der Waals surface area contributed by atoms with E-state index in [4.69, 9.17) is 9.15 Å². The summed E-state index contributed by atoms with van der Waals surface area (Å²) >= 11 is 0. The maximum Gasteiger partial charge on any atom is 0.158 e. The molecule has 0 bridgehead atoms. The molecule has 2 aromatic rings. The molecule has 0 radical (unpaired) electrons. The van der Waals surface area contributed by atoms with Gasteiger partial charge in [-0.2, -0.15) is 0 Å². The minimum Gasteiger partial charge on any atom is -0.472 e. The average Bonchev–Trinajstić information content (AvgIpc) is 2.96. The number of aromatic nitrogens is 2. The fourth-order valence-electron chi connectivity index (χ4n) is 1.71. The van der Waals surface area contributed by atoms with Gasteiger partial charge in [0.1, 0.15) is 18.2 Å². The van der Waals surface area contributed by atoms with Gasteiger partial charge in [0.05, 0.1) is 12.5 Å². The summed E-state index contributed by atoms with van der Waals surface area (Å²) in [5, 5.41) is 6.52. The maximum absolute atomic E-state index is 5.10. The summed E-state index contributed by atoms with van der Waals surface area (Å²) < 4.78 is 10.1. The van der Waals surface area contributed by atoms with Crippen molar-refractivity contribution in [1.29, 1.82) is 0 Å². The molecule has 0 amide bonds. The second kappa shape index (κ2) is 7.49. The Balaban J connectivity index is 2.06. The first kappa shape index (κ1) is 14.3. The van der Waals surface area contributed by atoms with Gasteiger partial charge in [0, 0.05) is 31.8 Å². The number of furan rings is 1. The second-order valence-corrected chi connectivity index (χ2v) is 4.40. The lowest BCUT2D eigenvalue weighted by molar-refractivity contribution is 0.178. The van der Waals surface area contributed by atoms with Crippen LogP contribution < -0.4 is 10.6 Å². The Hall–Kier alpha value is -2.08. The third-order valence-corrected chi connectivity index (χ3v) is 2.66. The summed E-state index contributed by atoms with van der Waals surface area (Å²) in [4.78, 5) is 8.81. The summed E-state index contributed by atoms with van der Waals surface area (Å²) in [5.74, 6) is 2.23. The molecule has 0 aromatic carbocycles. The van der Waals surface area contributed by atoms with E-state index < -0.39 is 0 Å². The Kier molecular flexibility index (Phi) is 5.37. The predicted molar refractivity (Wildman–Crippen MR) is 77.6 cm³/mol. The lowest BCUT2D eigenvalue weighted by Gasteiger charge is -2.10. The maximum atomic E-state index is 5.10. The zero-order valence-electron chi connectivity index (χ0n) is 11.8. The minimum absolute atomic E-state index is 0.391. The van der Waals surface area contributed by atoms with Crippen LogP contribution in [-0.4, -0.2) is 23.6 Å². The fraction of sp³-hybridized carbons (Fsp3) is 0.429. The highest BCUT2D eigenvalue weighted by Gasteiger charge is 2.05. The van der Waals surface area contributed by atoms with E-state index in [2.05, 4.69) is 27.5 Å². The van der Waals surface area contributed by atoms with E-state index in [1.54, 1.807) is 19.6 Å². The molecule has 0 unspecified atom stereocenters. The van der Waals surface area contributed by atoms with Crippen LogP contribution in [0.5, 0.6) is 0 Å². The fourth-order valence-corrected chi connectivity index (χ4v) is 1.71. The Morgan fingerprint density at radius 3 is 2.70 bits per heavy atom. The highest BCUT2D eigenvalue weighted by molar-refractivity contribution is 5.47. The molecule has 0 saturated carbocycles. The van der Waals surface area contributed by atoms with Crippen LogP contribution in [0.3, 0.4) is 0 Å². The number of anilines is 2. The SMILES string of the molecule is CCCNc1cc(NCc2ccoc2)nc(COC)n1. The summed E-state index contributed by atoms with van der Waals surface area (Å²) in [6.07, 6.45) is 4.41. The molecule has 0 atom stereocenters. The largest absolute Gasteiger partial charge is 0.472 e. The zero-order chi connectivity index (χ0) is 14.2. The quantitative estimate of drug-likeness (QED) is 0.772. The van der Waals surface area contributed by atoms with Crippen LogP contribution in [0.2, 0.25) is 0 Å². The van der Waals surface area contributed by atoms with E-state index in [0.717, 1.165) is 30.2 Å². The summed E-state index contributed by atoms with van der Waals surface area (Å²) in [6.45, 7) is 4.04. The number of rotatable bonds is 8. The molecule has 2 N–H and O–H groups in total. The first-order chi connectivity index (χ1) is 9.81. The summed E-state index contributed by atoms with van der Waals surface area (Å²) in [6, 6.07) is 3.81. The van der Waals surface area contributed by atoms with E-state index >= 15 is 0 Å². The Labute approximate surface area is 118 Å². The number of nitrogens with one attached hydrogen (secondary N) is 2. The van der Waals surface area contributed by atoms with Crippen LogP contribution in [0.15, 0.2) is 29.1 Å². The van der Waals surface area contributed by atoms with Crippen molar-refractivity contribution in [3.8, 4) is 0 Å². The van der Waals surface area contributed by atoms with Crippen molar-refractivity contribution >= 4 is 11.6 Å². The van der Waals surface area contributed by atoms with E-state index in [9.17, 15) is 0 Å². The van der Waals surface area contributed by atoms with E-state index in [1.165, 1.54) is 0 Å². The third-order valence-electron chi connectivity index (χ3n) is 2.66. The highest BCUT2D eigenvalue weighted by atomic mass is 16.5. The number of hydrogen-bond acceptors (Lipinski definition) is 6. The zero-order valence-corrected chi connectivity index (χ0v) is 11.8. The lowest BCUT2D eigenvalue weighted by Crippen LogP contribution is -2.09. The van der Waals surface area contributed by atoms with Crippen molar-refractivity contribution < 1.29 is 9.15 Å². The first-order valence-corrected chi connectivity index (χ1v) is 6.67. The molecule has 108 valence electrons. The molecule has 0 aliphatic rings. The van der Waals surface area contributed by atoms with Gasteiger partial charge in [0.15, 0.2) is 5.82 Å². The van der Waals surface area contributed by atoms with Gasteiger partial charge >= 0.3 is 0 Å². The van der Waals surface area contributed by atoms with Gasteiger partial charge in [-0.1, -0.05) is 6.92 Å². The normalized spacial score (nSPS) is 10.5. The van der Waals surface area contributed by atoms with Crippen LogP contribution in [-0.2, 0) is 17.9 Å². The second-order valence-electron chi connectivity index (χ2n) is 4.40. The van der Waals surface area contributed by atoms with Crippen molar-refractivity contribution in [2.24, 2.45) is 0 Å². The summed E-state index contributed by atoms with van der Waals surface area (Å²) in [5.41, 5.74) is 1.07. The van der Waals surface area contributed by atoms with Crippen molar-refractivity contribution in [2.75, 3.05) is 24.3 Å². The molecular formula is C14H20N4O2. The number of ether oxygens (including phenoxy) is 1. The molecule has 0 saturated heterocycles. The molecule has 6 heteroatoms. The van der Waals surface area contributed by atoms with Gasteiger partial charge in [-0.25, -0.2) is 9.97 Å². The molecule has 0 fully saturated rings. The standard InChI is InChI=1S/C14H20N4O2/c1-3-5-15-12-7-13(18-14(17-12)10-19-2)16-8-11-4-6-20-9-11/h4,6-7,9H,3,5,8,10H2,1-2H3,(H2,15,16,17,18). The first-order valence-electron chi connectivity index (χ1n) is 6.67. The van der Waals surface area contributed by atoms with Crippen LogP contribution in [0.4, 0.5) is 11.6 Å². The van der Waals surface area contributed by atoms with Crippen molar-refractivity contribution in [3.63, 3.8) is 0 Å². The van der Waals surface area contributed by atoms with Crippen LogP contribution in [0, 0.1) is 0 Å². The Morgan fingerprint density at radius 1 is 1.25 bits per heavy atom. The van der Waals surface area contributed by atoms with Crippen molar-refractivity contribution in [2.45, 2.75) is 26.5 Å². The number of hydrogen-bond donors (Lipinski definition) is 2. The smallest absolute Gasteiger partial charge is 0.158 e. The summed E-state index contributed by atoms with van der Waals surface area (Å²) in [7, 11) is 1.63. The van der Waals surface area contributed by atoms with Gasteiger partial charge in [-0.15, -0.1) is 0 Å². The van der Waals surface area contributed by atoms with Gasteiger partial charge < -0.3 is 19.8 Å². The third kappa shape index (κ3) is 4.24. The molecule has 2 rings (SSSR count). The Morgan fingerprint density at radius 2 is 2.05 bits per heavy atom. The van der Waals surface area contributed by atoms with Crippen LogP contribution >= 0.6 is 0 Å². The van der Waals surface area contributed by atoms with Crippen LogP contribution in [0.25, 0.3) is 0 Å². The van der Waals surface area contributed by atoms with Crippen molar-refractivity contribution in [1.82, 2.24) is 9.97 Å². The van der Waals surface area contributed by atoms with Gasteiger partial charge in [-0.05, 0) is 12.5 Å². The Bertz CT molecular complexity index is 514. The van der Waals surface area contributed by atoms with E-state index in [1.807, 2.05) is 12.1 Å². The van der Waals surface area contributed by atoms with Gasteiger partial charge in [0.2, 0.25) is 0 Å². The van der Waals surface area contributed by atoms with E-state index in [-0.39, 0.29) is 0 Å². The molecule has 2 aromatic heterocycles. The van der Waals surface area contributed by atoms with Crippen molar-refractivity contribution in [3.05, 3.63) is 36.0 Å². The van der Waals surface area contributed by atoms with E-state index in [0.29, 0.717) is 19.0 Å². The molecule has 20 heavy (non-hydrogen) atoms.